The third kappa shape index (κ3) is 3.23. The maximum atomic E-state index is 5.77. The third-order valence-corrected chi connectivity index (χ3v) is 3.39. The topological polar surface area (TPSA) is 41.3 Å². The predicted octanol–water partition coefficient (Wildman–Crippen LogP) is 0.655. The summed E-state index contributed by atoms with van der Waals surface area (Å²) < 4.78 is 0. The molecule has 0 amide bonds. The van der Waals surface area contributed by atoms with E-state index in [-0.39, 0.29) is 0 Å². The molecule has 1 aliphatic rings. The molecule has 0 aromatic heterocycles. The van der Waals surface area contributed by atoms with E-state index in [0.717, 1.165) is 25.6 Å². The molecule has 1 heterocycles. The highest BCUT2D eigenvalue weighted by Gasteiger charge is 2.22. The summed E-state index contributed by atoms with van der Waals surface area (Å²) in [4.78, 5) is 2.56. The number of rotatable bonds is 5. The lowest BCUT2D eigenvalue weighted by molar-refractivity contribution is 0.138. The summed E-state index contributed by atoms with van der Waals surface area (Å²) in [6, 6.07) is 0.560. The molecule has 3 N–H and O–H groups in total. The van der Waals surface area contributed by atoms with Crippen molar-refractivity contribution in [2.45, 2.75) is 32.7 Å². The summed E-state index contributed by atoms with van der Waals surface area (Å²) in [6.45, 7) is 9.94. The Morgan fingerprint density at radius 2 is 2.14 bits per heavy atom. The summed E-state index contributed by atoms with van der Waals surface area (Å²) in [7, 11) is 0. The lowest BCUT2D eigenvalue weighted by atomic mass is 10.0. The zero-order valence-electron chi connectivity index (χ0n) is 9.63. The Morgan fingerprint density at radius 1 is 1.43 bits per heavy atom. The Morgan fingerprint density at radius 3 is 2.71 bits per heavy atom. The van der Waals surface area contributed by atoms with Gasteiger partial charge in [0.05, 0.1) is 0 Å². The molecule has 0 saturated carbocycles. The van der Waals surface area contributed by atoms with Gasteiger partial charge in [-0.3, -0.25) is 4.90 Å². The molecule has 0 spiro atoms. The molecular weight excluding hydrogens is 174 g/mol. The van der Waals surface area contributed by atoms with Crippen LogP contribution in [0.15, 0.2) is 0 Å². The monoisotopic (exact) mass is 199 g/mol. The van der Waals surface area contributed by atoms with Crippen LogP contribution in [0.1, 0.15) is 26.7 Å². The van der Waals surface area contributed by atoms with E-state index in [9.17, 15) is 0 Å². The molecule has 1 atom stereocenters. The maximum Gasteiger partial charge on any atom is 0.0343 e. The molecule has 1 saturated heterocycles. The van der Waals surface area contributed by atoms with Crippen molar-refractivity contribution in [3.63, 3.8) is 0 Å². The Labute approximate surface area is 88.0 Å². The second-order valence-corrected chi connectivity index (χ2v) is 4.27. The van der Waals surface area contributed by atoms with Crippen LogP contribution in [0.3, 0.4) is 0 Å². The number of piperazine rings is 1. The van der Waals surface area contributed by atoms with Gasteiger partial charge in [-0.05, 0) is 5.92 Å². The molecule has 1 rings (SSSR count). The largest absolute Gasteiger partial charge is 0.329 e. The van der Waals surface area contributed by atoms with Crippen molar-refractivity contribution in [2.75, 3.05) is 32.7 Å². The van der Waals surface area contributed by atoms with Crippen LogP contribution in [-0.4, -0.2) is 43.7 Å². The van der Waals surface area contributed by atoms with Gasteiger partial charge in [0.2, 0.25) is 0 Å². The summed E-state index contributed by atoms with van der Waals surface area (Å²) in [5, 5.41) is 3.40. The molecule has 1 fully saturated rings. The van der Waals surface area contributed by atoms with Gasteiger partial charge < -0.3 is 11.1 Å². The highest BCUT2D eigenvalue weighted by Crippen LogP contribution is 2.12. The van der Waals surface area contributed by atoms with Crippen LogP contribution in [0.2, 0.25) is 0 Å². The van der Waals surface area contributed by atoms with Crippen LogP contribution in [0.5, 0.6) is 0 Å². The van der Waals surface area contributed by atoms with Gasteiger partial charge in [0.15, 0.2) is 0 Å². The van der Waals surface area contributed by atoms with Gasteiger partial charge in [-0.1, -0.05) is 26.7 Å². The minimum absolute atomic E-state index is 0.560. The van der Waals surface area contributed by atoms with E-state index in [4.69, 9.17) is 5.73 Å². The molecule has 0 aromatic rings. The van der Waals surface area contributed by atoms with Crippen LogP contribution >= 0.6 is 0 Å². The SMILES string of the molecule is CCC(CC)CN1CCNCC1CN. The molecule has 0 radical (unpaired) electrons. The molecule has 0 aromatic carbocycles. The molecule has 14 heavy (non-hydrogen) atoms. The lowest BCUT2D eigenvalue weighted by Gasteiger charge is -2.37. The maximum absolute atomic E-state index is 5.77. The van der Waals surface area contributed by atoms with E-state index in [0.29, 0.717) is 6.04 Å². The van der Waals surface area contributed by atoms with Crippen molar-refractivity contribution in [2.24, 2.45) is 11.7 Å². The molecule has 84 valence electrons. The molecule has 0 bridgehead atoms. The van der Waals surface area contributed by atoms with Crippen molar-refractivity contribution in [1.29, 1.82) is 0 Å². The van der Waals surface area contributed by atoms with Crippen molar-refractivity contribution < 1.29 is 0 Å². The predicted molar refractivity (Wildman–Crippen MR) is 61.4 cm³/mol. The number of hydrogen-bond acceptors (Lipinski definition) is 3. The van der Waals surface area contributed by atoms with E-state index < -0.39 is 0 Å². The van der Waals surface area contributed by atoms with E-state index in [1.807, 2.05) is 0 Å². The molecular formula is C11H25N3. The van der Waals surface area contributed by atoms with Gasteiger partial charge in [0.25, 0.3) is 0 Å². The Kier molecular flexibility index (Phi) is 5.45. The van der Waals surface area contributed by atoms with E-state index in [2.05, 4.69) is 24.1 Å². The molecule has 1 aliphatic heterocycles. The first-order valence-electron chi connectivity index (χ1n) is 5.96. The number of nitrogens with two attached hydrogens (primary N) is 1. The summed E-state index contributed by atoms with van der Waals surface area (Å²) in [5.74, 6) is 0.849. The standard InChI is InChI=1S/C11H25N3/c1-3-10(4-2)9-14-6-5-13-8-11(14)7-12/h10-11,13H,3-9,12H2,1-2H3. The minimum atomic E-state index is 0.560. The van der Waals surface area contributed by atoms with Crippen LogP contribution in [0, 0.1) is 5.92 Å². The van der Waals surface area contributed by atoms with Crippen molar-refractivity contribution in [3.05, 3.63) is 0 Å². The highest BCUT2D eigenvalue weighted by molar-refractivity contribution is 4.81. The van der Waals surface area contributed by atoms with Gasteiger partial charge in [-0.2, -0.15) is 0 Å². The Balaban J connectivity index is 2.39. The molecule has 3 nitrogen and oxygen atoms in total. The quantitative estimate of drug-likeness (QED) is 0.683. The summed E-state index contributed by atoms with van der Waals surface area (Å²) >= 11 is 0. The molecule has 1 unspecified atom stereocenters. The molecule has 0 aliphatic carbocycles. The van der Waals surface area contributed by atoms with Crippen molar-refractivity contribution in [3.8, 4) is 0 Å². The smallest absolute Gasteiger partial charge is 0.0343 e. The zero-order valence-corrected chi connectivity index (χ0v) is 9.63. The average Bonchev–Trinajstić information content (AvgIpc) is 2.26. The van der Waals surface area contributed by atoms with Gasteiger partial charge in [0, 0.05) is 38.8 Å². The van der Waals surface area contributed by atoms with Crippen LogP contribution < -0.4 is 11.1 Å². The van der Waals surface area contributed by atoms with Crippen LogP contribution in [0.4, 0.5) is 0 Å². The first-order chi connectivity index (χ1) is 6.81. The Hall–Kier alpha value is -0.120. The normalized spacial score (nSPS) is 24.4. The minimum Gasteiger partial charge on any atom is -0.329 e. The third-order valence-electron chi connectivity index (χ3n) is 3.39. The van der Waals surface area contributed by atoms with Crippen LogP contribution in [-0.2, 0) is 0 Å². The second-order valence-electron chi connectivity index (χ2n) is 4.27. The van der Waals surface area contributed by atoms with E-state index in [1.54, 1.807) is 0 Å². The number of hydrogen-bond donors (Lipinski definition) is 2. The zero-order chi connectivity index (χ0) is 10.4. The van der Waals surface area contributed by atoms with Gasteiger partial charge in [-0.25, -0.2) is 0 Å². The van der Waals surface area contributed by atoms with Crippen molar-refractivity contribution in [1.82, 2.24) is 10.2 Å². The summed E-state index contributed by atoms with van der Waals surface area (Å²) in [5.41, 5.74) is 5.77. The number of nitrogens with zero attached hydrogens (tertiary/aromatic N) is 1. The highest BCUT2D eigenvalue weighted by atomic mass is 15.2. The first kappa shape index (κ1) is 12.0. The fourth-order valence-electron chi connectivity index (χ4n) is 2.15. The average molecular weight is 199 g/mol. The van der Waals surface area contributed by atoms with E-state index >= 15 is 0 Å². The lowest BCUT2D eigenvalue weighted by Crippen LogP contribution is -2.55. The van der Waals surface area contributed by atoms with Crippen LogP contribution in [0.25, 0.3) is 0 Å². The number of nitrogens with one attached hydrogen (secondary N) is 1. The fourth-order valence-corrected chi connectivity index (χ4v) is 2.15. The van der Waals surface area contributed by atoms with Crippen molar-refractivity contribution >= 4 is 0 Å². The first-order valence-corrected chi connectivity index (χ1v) is 5.96. The molecule has 3 heteroatoms. The Bertz CT molecular complexity index is 145. The van der Waals surface area contributed by atoms with Gasteiger partial charge >= 0.3 is 0 Å². The fraction of sp³-hybridized carbons (Fsp3) is 1.00. The van der Waals surface area contributed by atoms with Gasteiger partial charge in [-0.15, -0.1) is 0 Å². The second kappa shape index (κ2) is 6.38. The summed E-state index contributed by atoms with van der Waals surface area (Å²) in [6.07, 6.45) is 2.58. The van der Waals surface area contributed by atoms with Gasteiger partial charge in [0.1, 0.15) is 0 Å². The van der Waals surface area contributed by atoms with E-state index in [1.165, 1.54) is 25.9 Å².